The molecule has 5 rings (SSSR count). The van der Waals surface area contributed by atoms with Crippen LogP contribution in [0.5, 0.6) is 0 Å². The number of fused-ring (bicyclic) bond motifs is 2. The lowest BCUT2D eigenvalue weighted by atomic mass is 10.1. The lowest BCUT2D eigenvalue weighted by molar-refractivity contribution is -0.159. The molecule has 0 unspecified atom stereocenters. The van der Waals surface area contributed by atoms with Gasteiger partial charge in [0, 0.05) is 17.7 Å². The Morgan fingerprint density at radius 1 is 1.11 bits per heavy atom. The van der Waals surface area contributed by atoms with Crippen LogP contribution in [-0.4, -0.2) is 20.9 Å². The van der Waals surface area contributed by atoms with Crippen LogP contribution in [0, 0.1) is 0 Å². The van der Waals surface area contributed by atoms with Gasteiger partial charge in [0.15, 0.2) is 0 Å². The fraction of sp³-hybridized carbons (Fsp3) is 0.250. The number of aryl methyl sites for hydroxylation is 1. The van der Waals surface area contributed by atoms with Crippen molar-refractivity contribution in [3.05, 3.63) is 70.6 Å². The molecule has 0 bridgehead atoms. The SMILES string of the molecule is O=C1c2cc(-c3noc(C(F)(F)F)n3)ccc2CN1[C@H]1CCc2ccccc21. The predicted octanol–water partition coefficient (Wildman–Crippen LogP) is 4.40. The number of halogens is 3. The number of rotatable bonds is 2. The normalized spacial score (nSPS) is 18.5. The molecule has 0 N–H and O–H groups in total. The van der Waals surface area contributed by atoms with Crippen molar-refractivity contribution in [3.8, 4) is 11.4 Å². The lowest BCUT2D eigenvalue weighted by Crippen LogP contribution is -2.27. The summed E-state index contributed by atoms with van der Waals surface area (Å²) in [6.07, 6.45) is -2.91. The van der Waals surface area contributed by atoms with Crippen LogP contribution in [-0.2, 0) is 19.1 Å². The highest BCUT2D eigenvalue weighted by Gasteiger charge is 2.39. The molecule has 2 heterocycles. The molecule has 0 spiro atoms. The van der Waals surface area contributed by atoms with Crippen LogP contribution in [0.25, 0.3) is 11.4 Å². The van der Waals surface area contributed by atoms with Crippen molar-refractivity contribution in [2.24, 2.45) is 0 Å². The number of hydrogen-bond acceptors (Lipinski definition) is 4. The van der Waals surface area contributed by atoms with Crippen molar-refractivity contribution in [1.29, 1.82) is 0 Å². The first kappa shape index (κ1) is 17.0. The summed E-state index contributed by atoms with van der Waals surface area (Å²) in [5, 5.41) is 3.40. The first-order valence-electron chi connectivity index (χ1n) is 8.85. The van der Waals surface area contributed by atoms with Gasteiger partial charge in [-0.2, -0.15) is 18.2 Å². The van der Waals surface area contributed by atoms with E-state index in [1.54, 1.807) is 18.2 Å². The Hall–Kier alpha value is -3.16. The van der Waals surface area contributed by atoms with E-state index >= 15 is 0 Å². The van der Waals surface area contributed by atoms with E-state index < -0.39 is 12.1 Å². The van der Waals surface area contributed by atoms with Gasteiger partial charge in [-0.1, -0.05) is 41.6 Å². The molecule has 1 aliphatic heterocycles. The van der Waals surface area contributed by atoms with Gasteiger partial charge in [0.1, 0.15) is 0 Å². The third kappa shape index (κ3) is 2.59. The number of carbonyl (C=O) groups excluding carboxylic acids is 1. The molecular weight excluding hydrogens is 371 g/mol. The first-order valence-corrected chi connectivity index (χ1v) is 8.85. The minimum Gasteiger partial charge on any atom is -0.329 e. The van der Waals surface area contributed by atoms with Crippen molar-refractivity contribution in [3.63, 3.8) is 0 Å². The van der Waals surface area contributed by atoms with E-state index in [2.05, 4.69) is 20.7 Å². The maximum Gasteiger partial charge on any atom is 0.471 e. The molecule has 0 saturated carbocycles. The van der Waals surface area contributed by atoms with Crippen LogP contribution in [0.1, 0.15) is 45.4 Å². The van der Waals surface area contributed by atoms with Crippen molar-refractivity contribution >= 4 is 5.91 Å². The molecule has 1 atom stereocenters. The average Bonchev–Trinajstić information content (AvgIpc) is 3.38. The minimum absolute atomic E-state index is 0.0153. The van der Waals surface area contributed by atoms with Crippen LogP contribution in [0.3, 0.4) is 0 Å². The summed E-state index contributed by atoms with van der Waals surface area (Å²) in [7, 11) is 0. The summed E-state index contributed by atoms with van der Waals surface area (Å²) in [5.74, 6) is -1.72. The molecule has 28 heavy (non-hydrogen) atoms. The average molecular weight is 385 g/mol. The molecule has 0 fully saturated rings. The van der Waals surface area contributed by atoms with Gasteiger partial charge in [-0.15, -0.1) is 0 Å². The van der Waals surface area contributed by atoms with Gasteiger partial charge in [0.2, 0.25) is 5.82 Å². The maximum absolute atomic E-state index is 13.0. The van der Waals surface area contributed by atoms with E-state index in [4.69, 9.17) is 0 Å². The van der Waals surface area contributed by atoms with Crippen molar-refractivity contribution in [2.75, 3.05) is 0 Å². The van der Waals surface area contributed by atoms with Gasteiger partial charge < -0.3 is 9.42 Å². The van der Waals surface area contributed by atoms with E-state index in [0.29, 0.717) is 17.7 Å². The number of carbonyl (C=O) groups is 1. The molecular formula is C20H14F3N3O2. The second-order valence-corrected chi connectivity index (χ2v) is 6.98. The molecule has 0 saturated heterocycles. The Morgan fingerprint density at radius 2 is 1.93 bits per heavy atom. The maximum atomic E-state index is 13.0. The Bertz CT molecular complexity index is 1090. The quantitative estimate of drug-likeness (QED) is 0.656. The van der Waals surface area contributed by atoms with Crippen molar-refractivity contribution in [1.82, 2.24) is 15.0 Å². The van der Waals surface area contributed by atoms with Crippen LogP contribution in [0.2, 0.25) is 0 Å². The molecule has 1 aliphatic carbocycles. The predicted molar refractivity (Wildman–Crippen MR) is 92.1 cm³/mol. The van der Waals surface area contributed by atoms with E-state index in [9.17, 15) is 18.0 Å². The summed E-state index contributed by atoms with van der Waals surface area (Å²) in [4.78, 5) is 18.3. The molecule has 3 aromatic rings. The molecule has 0 radical (unpaired) electrons. The summed E-state index contributed by atoms with van der Waals surface area (Å²) in [5.41, 5.74) is 4.05. The molecule has 5 nitrogen and oxygen atoms in total. The highest BCUT2D eigenvalue weighted by Crippen LogP contribution is 2.40. The number of nitrogens with zero attached hydrogens (tertiary/aromatic N) is 3. The largest absolute Gasteiger partial charge is 0.471 e. The van der Waals surface area contributed by atoms with Gasteiger partial charge >= 0.3 is 12.1 Å². The zero-order valence-electron chi connectivity index (χ0n) is 14.5. The number of alkyl halides is 3. The summed E-state index contributed by atoms with van der Waals surface area (Å²) < 4.78 is 42.3. The molecule has 1 aromatic heterocycles. The lowest BCUT2D eigenvalue weighted by Gasteiger charge is -2.24. The van der Waals surface area contributed by atoms with Gasteiger partial charge in [-0.25, -0.2) is 0 Å². The van der Waals surface area contributed by atoms with Crippen LogP contribution in [0.4, 0.5) is 13.2 Å². The topological polar surface area (TPSA) is 59.2 Å². The Kier molecular flexibility index (Phi) is 3.59. The highest BCUT2D eigenvalue weighted by molar-refractivity contribution is 5.99. The third-order valence-corrected chi connectivity index (χ3v) is 5.35. The number of amides is 1. The molecule has 142 valence electrons. The Morgan fingerprint density at radius 3 is 2.71 bits per heavy atom. The third-order valence-electron chi connectivity index (χ3n) is 5.35. The Labute approximate surface area is 157 Å². The monoisotopic (exact) mass is 385 g/mol. The van der Waals surface area contributed by atoms with Crippen molar-refractivity contribution < 1.29 is 22.5 Å². The molecule has 2 aliphatic rings. The second-order valence-electron chi connectivity index (χ2n) is 6.98. The van der Waals surface area contributed by atoms with E-state index in [1.165, 1.54) is 5.56 Å². The summed E-state index contributed by atoms with van der Waals surface area (Å²) in [6, 6.07) is 13.0. The number of hydrogen-bond donors (Lipinski definition) is 0. The van der Waals surface area contributed by atoms with Crippen LogP contribution < -0.4 is 0 Å². The molecule has 2 aromatic carbocycles. The van der Waals surface area contributed by atoms with Gasteiger partial charge in [-0.3, -0.25) is 4.79 Å². The first-order chi connectivity index (χ1) is 13.4. The van der Waals surface area contributed by atoms with Gasteiger partial charge in [0.05, 0.1) is 6.04 Å². The van der Waals surface area contributed by atoms with E-state index in [0.717, 1.165) is 24.0 Å². The zero-order valence-corrected chi connectivity index (χ0v) is 14.5. The summed E-state index contributed by atoms with van der Waals surface area (Å²) in [6.45, 7) is 0.480. The smallest absolute Gasteiger partial charge is 0.329 e. The van der Waals surface area contributed by atoms with E-state index in [-0.39, 0.29) is 17.8 Å². The van der Waals surface area contributed by atoms with Gasteiger partial charge in [0.25, 0.3) is 5.91 Å². The fourth-order valence-corrected chi connectivity index (χ4v) is 4.03. The second kappa shape index (κ2) is 5.92. The summed E-state index contributed by atoms with van der Waals surface area (Å²) >= 11 is 0. The standard InChI is InChI=1S/C20H14F3N3O2/c21-20(22,23)19-24-17(25-28-19)12-5-6-13-10-26(18(27)15(13)9-12)16-8-7-11-3-1-2-4-14(11)16/h1-6,9,16H,7-8,10H2/t16-/m0/s1. The van der Waals surface area contributed by atoms with Crippen LogP contribution in [0.15, 0.2) is 47.0 Å². The van der Waals surface area contributed by atoms with Crippen LogP contribution >= 0.6 is 0 Å². The molecule has 8 heteroatoms. The Balaban J connectivity index is 1.46. The fourth-order valence-electron chi connectivity index (χ4n) is 4.03. The minimum atomic E-state index is -4.70. The highest BCUT2D eigenvalue weighted by atomic mass is 19.4. The van der Waals surface area contributed by atoms with Gasteiger partial charge in [-0.05, 0) is 35.6 Å². The number of aromatic nitrogens is 2. The zero-order chi connectivity index (χ0) is 19.5. The van der Waals surface area contributed by atoms with E-state index in [1.807, 2.05) is 23.1 Å². The molecule has 1 amide bonds. The number of benzene rings is 2. The van der Waals surface area contributed by atoms with Crippen molar-refractivity contribution in [2.45, 2.75) is 31.6 Å².